The van der Waals surface area contributed by atoms with Crippen LogP contribution in [0, 0.1) is 17.8 Å². The van der Waals surface area contributed by atoms with E-state index in [1.165, 1.54) is 19.3 Å². The lowest BCUT2D eigenvalue weighted by Crippen LogP contribution is -2.16. The Hall–Kier alpha value is -0.260. The summed E-state index contributed by atoms with van der Waals surface area (Å²) in [6, 6.07) is 0. The number of hydrogen-bond acceptors (Lipinski definition) is 0. The molecule has 0 atom stereocenters. The van der Waals surface area contributed by atoms with Crippen LogP contribution in [-0.4, -0.2) is 0 Å². The van der Waals surface area contributed by atoms with E-state index >= 15 is 0 Å². The van der Waals surface area contributed by atoms with Gasteiger partial charge < -0.3 is 0 Å². The predicted octanol–water partition coefficient (Wildman–Crippen LogP) is 3.88. The van der Waals surface area contributed by atoms with Gasteiger partial charge in [-0.2, -0.15) is 0 Å². The van der Waals surface area contributed by atoms with Gasteiger partial charge in [0.2, 0.25) is 0 Å². The lowest BCUT2D eigenvalue weighted by Gasteiger charge is -2.28. The summed E-state index contributed by atoms with van der Waals surface area (Å²) in [6.45, 7) is 13.1. The molecule has 0 amide bonds. The molecule has 0 radical (unpaired) electrons. The largest absolute Gasteiger partial charge is 0.106 e. The molecular weight excluding hydrogens is 132 g/mol. The van der Waals surface area contributed by atoms with Crippen LogP contribution < -0.4 is 0 Å². The Kier molecular flexibility index (Phi) is 5.27. The van der Waals surface area contributed by atoms with Crippen LogP contribution >= 0.6 is 0 Å². The molecule has 0 heteroatoms. The van der Waals surface area contributed by atoms with E-state index in [0.29, 0.717) is 0 Å². The van der Waals surface area contributed by atoms with Crippen LogP contribution in [0.4, 0.5) is 0 Å². The van der Waals surface area contributed by atoms with Gasteiger partial charge in [0, 0.05) is 0 Å². The fourth-order valence-electron chi connectivity index (χ4n) is 2.35. The summed E-state index contributed by atoms with van der Waals surface area (Å²) in [5, 5.41) is 0. The Morgan fingerprint density at radius 2 is 0.909 bits per heavy atom. The first-order chi connectivity index (χ1) is 5.18. The van der Waals surface area contributed by atoms with Gasteiger partial charge in [-0.3, -0.25) is 0 Å². The lowest BCUT2D eigenvalue weighted by molar-refractivity contribution is 0.233. The summed E-state index contributed by atoms with van der Waals surface area (Å²) in [4.78, 5) is 0. The van der Waals surface area contributed by atoms with Crippen molar-refractivity contribution in [1.82, 2.24) is 0 Å². The van der Waals surface area contributed by atoms with Crippen LogP contribution in [0.15, 0.2) is 13.2 Å². The first kappa shape index (κ1) is 10.7. The second kappa shape index (κ2) is 5.40. The van der Waals surface area contributed by atoms with E-state index in [-0.39, 0.29) is 0 Å². The topological polar surface area (TPSA) is 0 Å². The van der Waals surface area contributed by atoms with Gasteiger partial charge in [-0.1, -0.05) is 20.8 Å². The van der Waals surface area contributed by atoms with E-state index in [9.17, 15) is 0 Å². The quantitative estimate of drug-likeness (QED) is 0.464. The van der Waals surface area contributed by atoms with Gasteiger partial charge in [0.1, 0.15) is 0 Å². The van der Waals surface area contributed by atoms with E-state index in [1.807, 2.05) is 0 Å². The van der Waals surface area contributed by atoms with Crippen molar-refractivity contribution in [1.29, 1.82) is 0 Å². The maximum Gasteiger partial charge on any atom is -0.0438 e. The summed E-state index contributed by atoms with van der Waals surface area (Å²) in [5.41, 5.74) is 0. The molecule has 0 heterocycles. The van der Waals surface area contributed by atoms with Crippen LogP contribution in [0.3, 0.4) is 0 Å². The van der Waals surface area contributed by atoms with Gasteiger partial charge in [0.05, 0.1) is 0 Å². The highest BCUT2D eigenvalue weighted by molar-refractivity contribution is 4.71. The van der Waals surface area contributed by atoms with Crippen molar-refractivity contribution < 1.29 is 0 Å². The SMILES string of the molecule is C=C.CC1CC(C)CC(C)C1. The molecule has 11 heavy (non-hydrogen) atoms. The Labute approximate surface area is 71.7 Å². The summed E-state index contributed by atoms with van der Waals surface area (Å²) < 4.78 is 0. The minimum Gasteiger partial charge on any atom is -0.106 e. The fourth-order valence-corrected chi connectivity index (χ4v) is 2.35. The Balaban J connectivity index is 0.000000461. The molecule has 0 saturated heterocycles. The molecule has 0 spiro atoms. The second-order valence-corrected chi connectivity index (χ2v) is 4.02. The average Bonchev–Trinajstić information content (AvgIpc) is 1.88. The molecule has 0 aromatic rings. The average molecular weight is 154 g/mol. The van der Waals surface area contributed by atoms with Crippen molar-refractivity contribution in [2.75, 3.05) is 0 Å². The summed E-state index contributed by atoms with van der Waals surface area (Å²) in [5.74, 6) is 2.97. The first-order valence-electron chi connectivity index (χ1n) is 4.68. The van der Waals surface area contributed by atoms with Crippen molar-refractivity contribution in [3.8, 4) is 0 Å². The molecule has 1 rings (SSSR count). The maximum atomic E-state index is 3.00. The monoisotopic (exact) mass is 154 g/mol. The lowest BCUT2D eigenvalue weighted by atomic mass is 9.78. The van der Waals surface area contributed by atoms with E-state index in [4.69, 9.17) is 0 Å². The minimum atomic E-state index is 0.990. The van der Waals surface area contributed by atoms with E-state index in [0.717, 1.165) is 17.8 Å². The third-order valence-electron chi connectivity index (χ3n) is 2.41. The summed E-state index contributed by atoms with van der Waals surface area (Å²) in [6.07, 6.45) is 4.39. The Morgan fingerprint density at radius 1 is 0.727 bits per heavy atom. The van der Waals surface area contributed by atoms with Gasteiger partial charge in [-0.05, 0) is 37.0 Å². The van der Waals surface area contributed by atoms with Gasteiger partial charge in [-0.25, -0.2) is 0 Å². The first-order valence-corrected chi connectivity index (χ1v) is 4.68. The summed E-state index contributed by atoms with van der Waals surface area (Å²) >= 11 is 0. The van der Waals surface area contributed by atoms with Crippen LogP contribution in [-0.2, 0) is 0 Å². The van der Waals surface area contributed by atoms with E-state index < -0.39 is 0 Å². The highest BCUT2D eigenvalue weighted by atomic mass is 14.3. The molecule has 0 nitrogen and oxygen atoms in total. The Morgan fingerprint density at radius 3 is 1.09 bits per heavy atom. The molecule has 1 aliphatic carbocycles. The third-order valence-corrected chi connectivity index (χ3v) is 2.41. The Bertz CT molecular complexity index is 71.2. The number of rotatable bonds is 0. The standard InChI is InChI=1S/C9H18.C2H4/c1-7-4-8(2)6-9(3)5-7;1-2/h7-9H,4-6H2,1-3H3;1-2H2. The van der Waals surface area contributed by atoms with E-state index in [1.54, 1.807) is 0 Å². The fraction of sp³-hybridized carbons (Fsp3) is 0.818. The molecule has 1 saturated carbocycles. The molecule has 0 unspecified atom stereocenters. The van der Waals surface area contributed by atoms with Crippen LogP contribution in [0.25, 0.3) is 0 Å². The highest BCUT2D eigenvalue weighted by Crippen LogP contribution is 2.31. The second-order valence-electron chi connectivity index (χ2n) is 4.02. The van der Waals surface area contributed by atoms with Crippen molar-refractivity contribution in [2.45, 2.75) is 40.0 Å². The van der Waals surface area contributed by atoms with Crippen molar-refractivity contribution in [3.05, 3.63) is 13.2 Å². The maximum absolute atomic E-state index is 3.00. The summed E-state index contributed by atoms with van der Waals surface area (Å²) in [7, 11) is 0. The molecular formula is C11H22. The van der Waals surface area contributed by atoms with Gasteiger partial charge >= 0.3 is 0 Å². The minimum absolute atomic E-state index is 0.990. The van der Waals surface area contributed by atoms with Crippen molar-refractivity contribution in [3.63, 3.8) is 0 Å². The molecule has 0 aromatic heterocycles. The smallest absolute Gasteiger partial charge is 0.0438 e. The molecule has 1 fully saturated rings. The zero-order valence-electron chi connectivity index (χ0n) is 8.27. The number of hydrogen-bond donors (Lipinski definition) is 0. The zero-order chi connectivity index (χ0) is 8.85. The van der Waals surface area contributed by atoms with Crippen molar-refractivity contribution >= 4 is 0 Å². The van der Waals surface area contributed by atoms with Crippen LogP contribution in [0.1, 0.15) is 40.0 Å². The normalized spacial score (nSPS) is 37.2. The predicted molar refractivity (Wildman–Crippen MR) is 52.6 cm³/mol. The molecule has 66 valence electrons. The molecule has 1 aliphatic rings. The molecule has 0 bridgehead atoms. The third kappa shape index (κ3) is 4.23. The van der Waals surface area contributed by atoms with Crippen LogP contribution in [0.5, 0.6) is 0 Å². The van der Waals surface area contributed by atoms with Gasteiger partial charge in [0.15, 0.2) is 0 Å². The molecule has 0 N–H and O–H groups in total. The van der Waals surface area contributed by atoms with Crippen molar-refractivity contribution in [2.24, 2.45) is 17.8 Å². The van der Waals surface area contributed by atoms with E-state index in [2.05, 4.69) is 33.9 Å². The van der Waals surface area contributed by atoms with Gasteiger partial charge in [-0.15, -0.1) is 13.2 Å². The van der Waals surface area contributed by atoms with Crippen LogP contribution in [0.2, 0.25) is 0 Å². The highest BCUT2D eigenvalue weighted by Gasteiger charge is 2.19. The molecule has 0 aromatic carbocycles. The molecule has 0 aliphatic heterocycles. The van der Waals surface area contributed by atoms with Gasteiger partial charge in [0.25, 0.3) is 0 Å². The zero-order valence-corrected chi connectivity index (χ0v) is 8.27.